The van der Waals surface area contributed by atoms with Crippen LogP contribution in [0, 0.1) is 18.3 Å². The van der Waals surface area contributed by atoms with Crippen LogP contribution >= 0.6 is 0 Å². The molecule has 0 amide bonds. The number of allylic oxidation sites excluding steroid dienone is 1. The first kappa shape index (κ1) is 22.8. The number of ether oxygens (including phenoxy) is 4. The summed E-state index contributed by atoms with van der Waals surface area (Å²) in [5, 5.41) is 9.99. The first-order valence-corrected chi connectivity index (χ1v) is 10.6. The zero-order valence-electron chi connectivity index (χ0n) is 19.4. The van der Waals surface area contributed by atoms with Crippen molar-refractivity contribution in [1.82, 2.24) is 4.57 Å². The Morgan fingerprint density at radius 2 is 1.68 bits per heavy atom. The van der Waals surface area contributed by atoms with Crippen molar-refractivity contribution < 1.29 is 18.9 Å². The quantitative estimate of drug-likeness (QED) is 0.601. The van der Waals surface area contributed by atoms with Crippen LogP contribution in [0.5, 0.6) is 23.0 Å². The lowest BCUT2D eigenvalue weighted by molar-refractivity contribution is 0.346. The lowest BCUT2D eigenvalue weighted by Gasteiger charge is -2.28. The molecule has 0 saturated carbocycles. The molecule has 8 nitrogen and oxygen atoms in total. The molecule has 1 aliphatic rings. The molecule has 4 rings (SSSR count). The molecule has 8 heteroatoms. The lowest BCUT2D eigenvalue weighted by Crippen LogP contribution is -2.33. The van der Waals surface area contributed by atoms with Gasteiger partial charge in [-0.25, -0.2) is 0 Å². The second-order valence-electron chi connectivity index (χ2n) is 7.81. The van der Waals surface area contributed by atoms with Gasteiger partial charge < -0.3 is 29.2 Å². The Bertz CT molecular complexity index is 1370. The van der Waals surface area contributed by atoms with Crippen LogP contribution < -0.4 is 30.2 Å². The van der Waals surface area contributed by atoms with E-state index in [1.807, 2.05) is 37.3 Å². The van der Waals surface area contributed by atoms with Crippen molar-refractivity contribution in [2.24, 2.45) is 5.73 Å². The largest absolute Gasteiger partial charge is 0.496 e. The van der Waals surface area contributed by atoms with E-state index in [1.54, 1.807) is 22.8 Å². The van der Waals surface area contributed by atoms with Crippen molar-refractivity contribution in [3.05, 3.63) is 92.7 Å². The van der Waals surface area contributed by atoms with Gasteiger partial charge in [0, 0.05) is 23.4 Å². The van der Waals surface area contributed by atoms with Crippen LogP contribution in [0.1, 0.15) is 28.3 Å². The molecule has 0 saturated heterocycles. The topological polar surface area (TPSA) is 109 Å². The lowest BCUT2D eigenvalue weighted by atomic mass is 9.83. The maximum absolute atomic E-state index is 13.9. The van der Waals surface area contributed by atoms with Crippen LogP contribution in [0.4, 0.5) is 0 Å². The normalized spacial score (nSPS) is 14.6. The number of aryl methyl sites for hydroxylation is 1. The molecule has 0 fully saturated rings. The summed E-state index contributed by atoms with van der Waals surface area (Å²) in [4.78, 5) is 13.9. The van der Waals surface area contributed by atoms with Crippen molar-refractivity contribution in [1.29, 1.82) is 5.26 Å². The highest BCUT2D eigenvalue weighted by Gasteiger charge is 2.36. The smallest absolute Gasteiger partial charge is 0.259 e. The summed E-state index contributed by atoms with van der Waals surface area (Å²) in [6.45, 7) is 2.20. The van der Waals surface area contributed by atoms with Crippen LogP contribution in [0.3, 0.4) is 0 Å². The number of hydrogen-bond donors (Lipinski definition) is 1. The predicted octanol–water partition coefficient (Wildman–Crippen LogP) is 3.45. The minimum atomic E-state index is -0.821. The molecule has 2 aromatic carbocycles. The second-order valence-corrected chi connectivity index (χ2v) is 7.81. The number of nitrogens with zero attached hydrogens (tertiary/aromatic N) is 2. The van der Waals surface area contributed by atoms with Crippen LogP contribution in [-0.2, 0) is 6.54 Å². The van der Waals surface area contributed by atoms with E-state index < -0.39 is 5.92 Å². The molecule has 0 bridgehead atoms. The van der Waals surface area contributed by atoms with Crippen molar-refractivity contribution in [3.63, 3.8) is 0 Å². The van der Waals surface area contributed by atoms with Crippen molar-refractivity contribution in [2.45, 2.75) is 19.4 Å². The highest BCUT2D eigenvalue weighted by Crippen LogP contribution is 2.46. The van der Waals surface area contributed by atoms with Gasteiger partial charge >= 0.3 is 0 Å². The van der Waals surface area contributed by atoms with E-state index in [0.29, 0.717) is 46.4 Å². The summed E-state index contributed by atoms with van der Waals surface area (Å²) in [5.41, 5.74) is 8.50. The van der Waals surface area contributed by atoms with E-state index in [2.05, 4.69) is 6.07 Å². The minimum Gasteiger partial charge on any atom is -0.496 e. The molecule has 1 aliphatic heterocycles. The summed E-state index contributed by atoms with van der Waals surface area (Å²) in [6, 6.07) is 16.9. The van der Waals surface area contributed by atoms with Crippen LogP contribution in [-0.4, -0.2) is 25.9 Å². The van der Waals surface area contributed by atoms with Crippen molar-refractivity contribution in [3.8, 4) is 29.1 Å². The van der Waals surface area contributed by atoms with Gasteiger partial charge in [-0.05, 0) is 18.6 Å². The van der Waals surface area contributed by atoms with Gasteiger partial charge in [-0.15, -0.1) is 0 Å². The summed E-state index contributed by atoms with van der Waals surface area (Å²) in [7, 11) is 4.54. The number of methoxy groups -OCH3 is 3. The number of nitriles is 1. The highest BCUT2D eigenvalue weighted by molar-refractivity contribution is 5.61. The number of fused-ring (bicyclic) bond motifs is 1. The third-order valence-corrected chi connectivity index (χ3v) is 5.92. The molecule has 1 aromatic heterocycles. The minimum absolute atomic E-state index is 0.0588. The van der Waals surface area contributed by atoms with Gasteiger partial charge in [-0.1, -0.05) is 30.3 Å². The molecule has 3 aromatic rings. The second kappa shape index (κ2) is 9.24. The summed E-state index contributed by atoms with van der Waals surface area (Å²) >= 11 is 0. The average molecular weight is 460 g/mol. The molecule has 2 heterocycles. The number of aromatic nitrogens is 1. The van der Waals surface area contributed by atoms with E-state index in [1.165, 1.54) is 21.3 Å². The van der Waals surface area contributed by atoms with Gasteiger partial charge in [-0.2, -0.15) is 5.26 Å². The van der Waals surface area contributed by atoms with Gasteiger partial charge in [-0.3, -0.25) is 4.79 Å². The van der Waals surface area contributed by atoms with E-state index in [9.17, 15) is 10.1 Å². The fourth-order valence-electron chi connectivity index (χ4n) is 4.24. The Hall–Kier alpha value is -4.38. The molecule has 0 unspecified atom stereocenters. The monoisotopic (exact) mass is 459 g/mol. The first-order chi connectivity index (χ1) is 16.4. The predicted molar refractivity (Wildman–Crippen MR) is 126 cm³/mol. The Labute approximate surface area is 197 Å². The van der Waals surface area contributed by atoms with Gasteiger partial charge in [0.05, 0.1) is 39.4 Å². The maximum Gasteiger partial charge on any atom is 0.259 e. The molecule has 0 aliphatic carbocycles. The molecule has 2 N–H and O–H groups in total. The third kappa shape index (κ3) is 3.82. The van der Waals surface area contributed by atoms with Gasteiger partial charge in [0.1, 0.15) is 23.1 Å². The fourth-order valence-corrected chi connectivity index (χ4v) is 4.24. The van der Waals surface area contributed by atoms with Crippen molar-refractivity contribution >= 4 is 0 Å². The van der Waals surface area contributed by atoms with E-state index in [0.717, 1.165) is 5.56 Å². The van der Waals surface area contributed by atoms with Gasteiger partial charge in [0.25, 0.3) is 5.56 Å². The van der Waals surface area contributed by atoms with E-state index in [-0.39, 0.29) is 17.0 Å². The molecule has 34 heavy (non-hydrogen) atoms. The van der Waals surface area contributed by atoms with Crippen LogP contribution in [0.2, 0.25) is 0 Å². The Balaban J connectivity index is 1.99. The average Bonchev–Trinajstić information content (AvgIpc) is 2.85. The Morgan fingerprint density at radius 3 is 2.29 bits per heavy atom. The van der Waals surface area contributed by atoms with E-state index in [4.69, 9.17) is 24.7 Å². The molecule has 174 valence electrons. The molecule has 0 radical (unpaired) electrons. The van der Waals surface area contributed by atoms with Crippen molar-refractivity contribution in [2.75, 3.05) is 21.3 Å². The number of hydrogen-bond acceptors (Lipinski definition) is 7. The molecule has 1 atom stereocenters. The zero-order chi connectivity index (χ0) is 24.4. The summed E-state index contributed by atoms with van der Waals surface area (Å²) in [6.07, 6.45) is 0. The zero-order valence-corrected chi connectivity index (χ0v) is 19.4. The number of pyridine rings is 1. The number of benzene rings is 2. The van der Waals surface area contributed by atoms with Crippen LogP contribution in [0.15, 0.2) is 64.8 Å². The first-order valence-electron chi connectivity index (χ1n) is 10.6. The Kier molecular flexibility index (Phi) is 6.19. The molecule has 0 spiro atoms. The van der Waals surface area contributed by atoms with E-state index >= 15 is 0 Å². The standard InChI is InChI=1S/C26H25N3O5/c1-15-10-22-24(26(30)29(15)14-16-8-6-5-7-9-16)23(18(13-27)25(28)34-22)17-11-20(32-3)21(33-4)12-19(17)31-2/h5-12,23H,14,28H2,1-4H3/t23-/m0/s1. The number of rotatable bonds is 6. The van der Waals surface area contributed by atoms with Gasteiger partial charge in [0.2, 0.25) is 5.88 Å². The number of nitrogens with two attached hydrogens (primary N) is 1. The van der Waals surface area contributed by atoms with Crippen LogP contribution in [0.25, 0.3) is 0 Å². The fraction of sp³-hybridized carbons (Fsp3) is 0.231. The summed E-state index contributed by atoms with van der Waals surface area (Å²) in [5.74, 6) is 0.737. The highest BCUT2D eigenvalue weighted by atomic mass is 16.5. The Morgan fingerprint density at radius 1 is 1.03 bits per heavy atom. The third-order valence-electron chi connectivity index (χ3n) is 5.92. The maximum atomic E-state index is 13.9. The van der Waals surface area contributed by atoms with Gasteiger partial charge in [0.15, 0.2) is 11.5 Å². The molecular weight excluding hydrogens is 434 g/mol. The SMILES string of the molecule is COc1cc(OC)c([C@H]2C(C#N)=C(N)Oc3cc(C)n(Cc4ccccc4)c(=O)c32)cc1OC. The summed E-state index contributed by atoms with van der Waals surface area (Å²) < 4.78 is 23.9. The molecular formula is C26H25N3O5.